The molecule has 6 heteroatoms. The maximum atomic E-state index is 6.11. The molecule has 0 aliphatic heterocycles. The van der Waals surface area contributed by atoms with Crippen molar-refractivity contribution in [1.82, 2.24) is 15.0 Å². The number of hydrogen-bond acceptors (Lipinski definition) is 5. The molecular formula is C15H21ClN4S. The second-order valence-electron chi connectivity index (χ2n) is 6.03. The van der Waals surface area contributed by atoms with Crippen molar-refractivity contribution in [2.45, 2.75) is 52.5 Å². The van der Waals surface area contributed by atoms with Crippen LogP contribution in [0.5, 0.6) is 0 Å². The smallest absolute Gasteiger partial charge is 0.137 e. The van der Waals surface area contributed by atoms with Crippen molar-refractivity contribution >= 4 is 28.8 Å². The molecular weight excluding hydrogens is 304 g/mol. The highest BCUT2D eigenvalue weighted by Gasteiger charge is 2.19. The van der Waals surface area contributed by atoms with Crippen LogP contribution in [0.1, 0.15) is 56.4 Å². The molecule has 1 atom stereocenters. The monoisotopic (exact) mass is 324 g/mol. The van der Waals surface area contributed by atoms with Crippen LogP contribution in [-0.2, 0) is 11.8 Å². The average Bonchev–Trinajstić information content (AvgIpc) is 2.85. The largest absolute Gasteiger partial charge is 0.361 e. The Kier molecular flexibility index (Phi) is 4.84. The molecule has 4 nitrogen and oxygen atoms in total. The van der Waals surface area contributed by atoms with Crippen LogP contribution in [0.25, 0.3) is 0 Å². The minimum atomic E-state index is -0.138. The van der Waals surface area contributed by atoms with Crippen LogP contribution in [0.4, 0.5) is 5.82 Å². The number of rotatable bonds is 4. The number of nitrogens with zero attached hydrogens (tertiary/aromatic N) is 3. The van der Waals surface area contributed by atoms with Crippen molar-refractivity contribution in [3.8, 4) is 0 Å². The Bertz CT molecular complexity index is 618. The summed E-state index contributed by atoms with van der Waals surface area (Å²) in [7, 11) is 0. The average molecular weight is 325 g/mol. The van der Waals surface area contributed by atoms with Gasteiger partial charge >= 0.3 is 0 Å². The Balaban J connectivity index is 2.20. The molecule has 21 heavy (non-hydrogen) atoms. The van der Waals surface area contributed by atoms with Gasteiger partial charge in [0.15, 0.2) is 0 Å². The predicted molar refractivity (Wildman–Crippen MR) is 89.3 cm³/mol. The fraction of sp³-hybridized carbons (Fsp3) is 0.533. The number of nitrogens with one attached hydrogen (secondary N) is 1. The number of halogens is 1. The molecule has 0 saturated heterocycles. The third kappa shape index (κ3) is 4.14. The van der Waals surface area contributed by atoms with Gasteiger partial charge in [0.05, 0.1) is 6.04 Å². The van der Waals surface area contributed by atoms with Crippen LogP contribution in [-0.4, -0.2) is 15.0 Å². The highest BCUT2D eigenvalue weighted by atomic mass is 35.5. The SMILES string of the molecule is CCc1cnc(C(C)Nc2cc(Cl)nc(C(C)(C)C)n2)s1. The first kappa shape index (κ1) is 16.2. The number of aromatic nitrogens is 3. The molecule has 0 saturated carbocycles. The fourth-order valence-corrected chi connectivity index (χ4v) is 2.84. The lowest BCUT2D eigenvalue weighted by molar-refractivity contribution is 0.545. The quantitative estimate of drug-likeness (QED) is 0.834. The van der Waals surface area contributed by atoms with Gasteiger partial charge < -0.3 is 5.32 Å². The maximum absolute atomic E-state index is 6.11. The molecule has 1 unspecified atom stereocenters. The van der Waals surface area contributed by atoms with Crippen LogP contribution >= 0.6 is 22.9 Å². The first-order valence-corrected chi connectivity index (χ1v) is 8.25. The lowest BCUT2D eigenvalue weighted by Crippen LogP contribution is -2.18. The molecule has 114 valence electrons. The molecule has 2 rings (SSSR count). The summed E-state index contributed by atoms with van der Waals surface area (Å²) >= 11 is 7.83. The highest BCUT2D eigenvalue weighted by molar-refractivity contribution is 7.11. The number of thiazole rings is 1. The van der Waals surface area contributed by atoms with Crippen molar-refractivity contribution in [1.29, 1.82) is 0 Å². The van der Waals surface area contributed by atoms with Crippen LogP contribution in [0.15, 0.2) is 12.3 Å². The molecule has 0 radical (unpaired) electrons. The van der Waals surface area contributed by atoms with Crippen LogP contribution in [0.2, 0.25) is 5.15 Å². The molecule has 0 spiro atoms. The summed E-state index contributed by atoms with van der Waals surface area (Å²) in [6, 6.07) is 1.84. The highest BCUT2D eigenvalue weighted by Crippen LogP contribution is 2.26. The minimum Gasteiger partial charge on any atom is -0.361 e. The fourth-order valence-electron chi connectivity index (χ4n) is 1.80. The van der Waals surface area contributed by atoms with Crippen molar-refractivity contribution < 1.29 is 0 Å². The van der Waals surface area contributed by atoms with Crippen LogP contribution in [0, 0.1) is 0 Å². The van der Waals surface area contributed by atoms with E-state index in [4.69, 9.17) is 11.6 Å². The van der Waals surface area contributed by atoms with Gasteiger partial charge in [-0.25, -0.2) is 15.0 Å². The first-order chi connectivity index (χ1) is 9.79. The summed E-state index contributed by atoms with van der Waals surface area (Å²) in [5, 5.41) is 4.87. The summed E-state index contributed by atoms with van der Waals surface area (Å²) < 4.78 is 0. The van der Waals surface area contributed by atoms with E-state index in [2.05, 4.69) is 54.9 Å². The Hall–Kier alpha value is -1.20. The molecule has 0 bridgehead atoms. The Labute approximate surface area is 135 Å². The minimum absolute atomic E-state index is 0.0917. The molecule has 0 amide bonds. The van der Waals surface area contributed by atoms with Gasteiger partial charge in [0.1, 0.15) is 21.8 Å². The summed E-state index contributed by atoms with van der Waals surface area (Å²) in [5.41, 5.74) is -0.138. The molecule has 0 aliphatic rings. The summed E-state index contributed by atoms with van der Waals surface area (Å²) in [4.78, 5) is 14.6. The zero-order chi connectivity index (χ0) is 15.6. The lowest BCUT2D eigenvalue weighted by Gasteiger charge is -2.19. The van der Waals surface area contributed by atoms with Crippen molar-refractivity contribution in [2.75, 3.05) is 5.32 Å². The van der Waals surface area contributed by atoms with Gasteiger partial charge in [-0.05, 0) is 13.3 Å². The third-order valence-electron chi connectivity index (χ3n) is 3.02. The van der Waals surface area contributed by atoms with E-state index in [1.165, 1.54) is 4.88 Å². The summed E-state index contributed by atoms with van der Waals surface area (Å²) in [6.45, 7) is 10.4. The lowest BCUT2D eigenvalue weighted by atomic mass is 9.96. The number of anilines is 1. The molecule has 2 aromatic heterocycles. The van der Waals surface area contributed by atoms with E-state index in [0.29, 0.717) is 5.15 Å². The zero-order valence-electron chi connectivity index (χ0n) is 13.1. The Morgan fingerprint density at radius 2 is 2.05 bits per heavy atom. The second kappa shape index (κ2) is 6.28. The molecule has 1 N–H and O–H groups in total. The zero-order valence-corrected chi connectivity index (χ0v) is 14.6. The van der Waals surface area contributed by atoms with E-state index in [9.17, 15) is 0 Å². The van der Waals surface area contributed by atoms with Gasteiger partial charge in [-0.15, -0.1) is 11.3 Å². The second-order valence-corrected chi connectivity index (χ2v) is 7.57. The van der Waals surface area contributed by atoms with Gasteiger partial charge in [-0.1, -0.05) is 39.3 Å². The topological polar surface area (TPSA) is 50.7 Å². The normalized spacial score (nSPS) is 13.2. The number of hydrogen-bond donors (Lipinski definition) is 1. The van der Waals surface area contributed by atoms with E-state index in [0.717, 1.165) is 23.1 Å². The molecule has 0 fully saturated rings. The summed E-state index contributed by atoms with van der Waals surface area (Å²) in [6.07, 6.45) is 2.95. The molecule has 2 aromatic rings. The molecule has 0 aromatic carbocycles. The van der Waals surface area contributed by atoms with Crippen molar-refractivity contribution in [3.05, 3.63) is 33.1 Å². The van der Waals surface area contributed by atoms with E-state index >= 15 is 0 Å². The third-order valence-corrected chi connectivity index (χ3v) is 4.54. The van der Waals surface area contributed by atoms with Gasteiger partial charge in [0, 0.05) is 22.6 Å². The first-order valence-electron chi connectivity index (χ1n) is 7.05. The molecule has 0 aliphatic carbocycles. The van der Waals surface area contributed by atoms with Crippen molar-refractivity contribution in [2.24, 2.45) is 0 Å². The van der Waals surface area contributed by atoms with Gasteiger partial charge in [-0.3, -0.25) is 0 Å². The summed E-state index contributed by atoms with van der Waals surface area (Å²) in [5.74, 6) is 1.47. The van der Waals surface area contributed by atoms with Crippen LogP contribution in [0.3, 0.4) is 0 Å². The van der Waals surface area contributed by atoms with E-state index < -0.39 is 0 Å². The predicted octanol–water partition coefficient (Wildman–Crippen LogP) is 4.62. The van der Waals surface area contributed by atoms with E-state index in [1.807, 2.05) is 6.20 Å². The van der Waals surface area contributed by atoms with E-state index in [1.54, 1.807) is 17.4 Å². The van der Waals surface area contributed by atoms with Crippen molar-refractivity contribution in [3.63, 3.8) is 0 Å². The van der Waals surface area contributed by atoms with Gasteiger partial charge in [0.25, 0.3) is 0 Å². The van der Waals surface area contributed by atoms with Crippen LogP contribution < -0.4 is 5.32 Å². The van der Waals surface area contributed by atoms with Gasteiger partial charge in [-0.2, -0.15) is 0 Å². The van der Waals surface area contributed by atoms with E-state index in [-0.39, 0.29) is 11.5 Å². The Morgan fingerprint density at radius 3 is 2.62 bits per heavy atom. The Morgan fingerprint density at radius 1 is 1.33 bits per heavy atom. The van der Waals surface area contributed by atoms with Gasteiger partial charge in [0.2, 0.25) is 0 Å². The standard InChI is InChI=1S/C15H21ClN4S/c1-6-10-8-17-13(21-10)9(2)18-12-7-11(16)19-14(20-12)15(3,4)5/h7-9H,6H2,1-5H3,(H,18,19,20). The molecule has 2 heterocycles. The number of aryl methyl sites for hydroxylation is 1. The maximum Gasteiger partial charge on any atom is 0.137 e.